The van der Waals surface area contributed by atoms with Crippen LogP contribution in [0.4, 0.5) is 16.6 Å². The van der Waals surface area contributed by atoms with E-state index in [2.05, 4.69) is 38.8 Å². The number of rotatable bonds is 9. The summed E-state index contributed by atoms with van der Waals surface area (Å²) in [5, 5.41) is -0.163. The van der Waals surface area contributed by atoms with Crippen LogP contribution >= 0.6 is 0 Å². The summed E-state index contributed by atoms with van der Waals surface area (Å²) in [5.74, 6) is 0.854. The molecule has 254 valence electrons. The lowest BCUT2D eigenvalue weighted by Gasteiger charge is -2.58. The molecule has 12 heteroatoms. The van der Waals surface area contributed by atoms with Gasteiger partial charge in [-0.2, -0.15) is 0 Å². The van der Waals surface area contributed by atoms with Gasteiger partial charge in [-0.25, -0.2) is 14.8 Å². The highest BCUT2D eigenvalue weighted by molar-refractivity contribution is 6.80. The number of hydrogen-bond acceptors (Lipinski definition) is 7. The SMILES string of the molecule is COc1ccc(CN(C(=O)OC(C)(C)C)c2cc(C[C@H]3C(=O)N([Si](C)(C)C(C)(C)C)[C@@H]3C(=O)N(C)c3nccn3C)cc(C)n2)cc1. The molecule has 0 radical (unpaired) electrons. The summed E-state index contributed by atoms with van der Waals surface area (Å²) < 4.78 is 14.8. The van der Waals surface area contributed by atoms with Crippen LogP contribution in [0.25, 0.3) is 0 Å². The van der Waals surface area contributed by atoms with E-state index in [9.17, 15) is 14.4 Å². The maximum absolute atomic E-state index is 14.2. The van der Waals surface area contributed by atoms with E-state index in [1.165, 1.54) is 4.90 Å². The van der Waals surface area contributed by atoms with Crippen molar-refractivity contribution in [2.45, 2.75) is 91.2 Å². The van der Waals surface area contributed by atoms with E-state index in [0.717, 1.165) is 11.1 Å². The molecule has 11 nitrogen and oxygen atoms in total. The predicted molar refractivity (Wildman–Crippen MR) is 186 cm³/mol. The number of carbonyl (C=O) groups excluding carboxylic acids is 3. The molecule has 0 saturated carbocycles. The number of aryl methyl sites for hydroxylation is 2. The Morgan fingerprint density at radius 2 is 1.66 bits per heavy atom. The molecule has 3 amide bonds. The summed E-state index contributed by atoms with van der Waals surface area (Å²) in [7, 11) is 2.73. The Kier molecular flexibility index (Phi) is 9.96. The van der Waals surface area contributed by atoms with Gasteiger partial charge in [0, 0.05) is 32.2 Å². The van der Waals surface area contributed by atoms with E-state index in [1.807, 2.05) is 75.7 Å². The lowest BCUT2D eigenvalue weighted by Crippen LogP contribution is -2.76. The fraction of sp³-hybridized carbons (Fsp3) is 0.514. The molecule has 47 heavy (non-hydrogen) atoms. The van der Waals surface area contributed by atoms with Crippen molar-refractivity contribution in [3.8, 4) is 5.75 Å². The summed E-state index contributed by atoms with van der Waals surface area (Å²) >= 11 is 0. The summed E-state index contributed by atoms with van der Waals surface area (Å²) in [4.78, 5) is 54.0. The second kappa shape index (κ2) is 13.1. The summed E-state index contributed by atoms with van der Waals surface area (Å²) in [5.41, 5.74) is 1.63. The summed E-state index contributed by atoms with van der Waals surface area (Å²) in [6.45, 7) is 18.2. The third kappa shape index (κ3) is 7.53. The Bertz CT molecular complexity index is 1620. The minimum Gasteiger partial charge on any atom is -0.497 e. The third-order valence-corrected chi connectivity index (χ3v) is 14.6. The maximum Gasteiger partial charge on any atom is 0.416 e. The van der Waals surface area contributed by atoms with Gasteiger partial charge in [0.25, 0.3) is 5.91 Å². The zero-order valence-electron chi connectivity index (χ0n) is 29.9. The second-order valence-corrected chi connectivity index (χ2v) is 20.0. The third-order valence-electron chi connectivity index (χ3n) is 9.18. The quantitative estimate of drug-likeness (QED) is 0.201. The number of benzene rings is 1. The number of nitrogens with zero attached hydrogens (tertiary/aromatic N) is 6. The van der Waals surface area contributed by atoms with Crippen LogP contribution in [0.15, 0.2) is 48.8 Å². The molecule has 0 aliphatic carbocycles. The fourth-order valence-electron chi connectivity index (χ4n) is 5.69. The number of imidazole rings is 1. The molecule has 3 heterocycles. The van der Waals surface area contributed by atoms with Gasteiger partial charge in [0.05, 0.1) is 19.6 Å². The number of pyridine rings is 1. The van der Waals surface area contributed by atoms with Crippen LogP contribution in [0.3, 0.4) is 0 Å². The van der Waals surface area contributed by atoms with Gasteiger partial charge in [-0.1, -0.05) is 46.0 Å². The first-order chi connectivity index (χ1) is 21.7. The molecule has 2 aromatic heterocycles. The first-order valence-corrected chi connectivity index (χ1v) is 18.9. The number of β-lactam (4-membered cyclic amide) rings is 1. The van der Waals surface area contributed by atoms with Crippen LogP contribution in [-0.2, 0) is 34.3 Å². The largest absolute Gasteiger partial charge is 0.497 e. The lowest BCUT2D eigenvalue weighted by atomic mass is 9.83. The van der Waals surface area contributed by atoms with Crippen LogP contribution in [0, 0.1) is 12.8 Å². The summed E-state index contributed by atoms with van der Waals surface area (Å²) in [6.07, 6.45) is 3.22. The number of likely N-dealkylation sites (N-methyl/N-ethyl adjacent to an activating group) is 1. The van der Waals surface area contributed by atoms with E-state index in [0.29, 0.717) is 29.6 Å². The Morgan fingerprint density at radius 3 is 2.19 bits per heavy atom. The smallest absolute Gasteiger partial charge is 0.416 e. The van der Waals surface area contributed by atoms with Gasteiger partial charge in [-0.15, -0.1) is 0 Å². The van der Waals surface area contributed by atoms with Crippen molar-refractivity contribution >= 4 is 37.9 Å². The van der Waals surface area contributed by atoms with Crippen molar-refractivity contribution in [2.75, 3.05) is 24.0 Å². The number of methoxy groups -OCH3 is 1. The van der Waals surface area contributed by atoms with E-state index in [-0.39, 0.29) is 23.4 Å². The zero-order valence-corrected chi connectivity index (χ0v) is 30.9. The van der Waals surface area contributed by atoms with Crippen LogP contribution in [0.2, 0.25) is 18.1 Å². The molecule has 0 unspecified atom stereocenters. The number of carbonyl (C=O) groups is 3. The minimum absolute atomic E-state index is 0.0265. The Labute approximate surface area is 280 Å². The number of amides is 3. The van der Waals surface area contributed by atoms with Crippen molar-refractivity contribution in [2.24, 2.45) is 13.0 Å². The Hall–Kier alpha value is -4.19. The van der Waals surface area contributed by atoms with E-state index >= 15 is 0 Å². The van der Waals surface area contributed by atoms with Crippen LogP contribution in [0.1, 0.15) is 58.4 Å². The average molecular weight is 663 g/mol. The molecule has 1 aliphatic heterocycles. The number of ether oxygens (including phenoxy) is 2. The zero-order chi connectivity index (χ0) is 35.1. The van der Waals surface area contributed by atoms with Gasteiger partial charge in [0.15, 0.2) is 8.24 Å². The van der Waals surface area contributed by atoms with Crippen LogP contribution < -0.4 is 14.5 Å². The van der Waals surface area contributed by atoms with Crippen molar-refractivity contribution in [3.05, 3.63) is 65.6 Å². The van der Waals surface area contributed by atoms with Gasteiger partial charge in [-0.05, 0) is 74.5 Å². The topological polar surface area (TPSA) is 110 Å². The van der Waals surface area contributed by atoms with Crippen molar-refractivity contribution in [1.29, 1.82) is 0 Å². The molecule has 4 rings (SSSR count). The van der Waals surface area contributed by atoms with Crippen LogP contribution in [-0.4, -0.2) is 71.0 Å². The highest BCUT2D eigenvalue weighted by Crippen LogP contribution is 2.46. The van der Waals surface area contributed by atoms with Gasteiger partial charge in [-0.3, -0.25) is 19.4 Å². The highest BCUT2D eigenvalue weighted by Gasteiger charge is 2.60. The van der Waals surface area contributed by atoms with Crippen molar-refractivity contribution < 1.29 is 23.9 Å². The standard InChI is InChI=1S/C35H50N6O5Si/c1-23-19-25(21-28(37-23)40(33(44)46-34(2,3)4)22-24-13-15-26(45-10)16-14-24)20-27-29(31(43)39(9)32-36-17-18-38(32)8)41(30(27)42)47(11,12)35(5,6)7/h13-19,21,27,29H,20,22H2,1-12H3/t27-,29+/m1/s1. The normalized spacial score (nSPS) is 16.9. The minimum atomic E-state index is -2.42. The monoisotopic (exact) mass is 662 g/mol. The van der Waals surface area contributed by atoms with Crippen molar-refractivity contribution in [1.82, 2.24) is 19.1 Å². The second-order valence-electron chi connectivity index (χ2n) is 14.9. The predicted octanol–water partition coefficient (Wildman–Crippen LogP) is 6.11. The lowest BCUT2D eigenvalue weighted by molar-refractivity contribution is -0.154. The molecule has 1 saturated heterocycles. The Balaban J connectivity index is 1.71. The first kappa shape index (κ1) is 35.7. The number of aromatic nitrogens is 3. The molecule has 2 atom stereocenters. The maximum atomic E-state index is 14.2. The molecule has 0 N–H and O–H groups in total. The molecule has 1 fully saturated rings. The van der Waals surface area contributed by atoms with Gasteiger partial charge >= 0.3 is 6.09 Å². The van der Waals surface area contributed by atoms with Gasteiger partial charge in [0.1, 0.15) is 23.2 Å². The molecule has 1 aromatic carbocycles. The molecule has 0 spiro atoms. The average Bonchev–Trinajstić information content (AvgIpc) is 3.40. The molecular weight excluding hydrogens is 613 g/mol. The number of hydrogen-bond donors (Lipinski definition) is 0. The number of anilines is 2. The molecule has 0 bridgehead atoms. The highest BCUT2D eigenvalue weighted by atomic mass is 28.3. The van der Waals surface area contributed by atoms with E-state index in [1.54, 1.807) is 36.0 Å². The van der Waals surface area contributed by atoms with Crippen molar-refractivity contribution in [3.63, 3.8) is 0 Å². The van der Waals surface area contributed by atoms with Crippen LogP contribution in [0.5, 0.6) is 5.75 Å². The Morgan fingerprint density at radius 1 is 1.02 bits per heavy atom. The van der Waals surface area contributed by atoms with Gasteiger partial charge in [0.2, 0.25) is 11.9 Å². The molecule has 3 aromatic rings. The van der Waals surface area contributed by atoms with E-state index in [4.69, 9.17) is 14.5 Å². The molecular formula is C35H50N6O5Si. The van der Waals surface area contributed by atoms with Gasteiger partial charge < -0.3 is 18.6 Å². The van der Waals surface area contributed by atoms with E-state index < -0.39 is 31.9 Å². The molecule has 1 aliphatic rings. The first-order valence-electron chi connectivity index (χ1n) is 15.9. The summed E-state index contributed by atoms with van der Waals surface area (Å²) in [6, 6.07) is 10.6. The fourth-order valence-corrected chi connectivity index (χ4v) is 8.12.